The number of benzene rings is 2. The van der Waals surface area contributed by atoms with Crippen LogP contribution in [-0.4, -0.2) is 46.0 Å². The van der Waals surface area contributed by atoms with E-state index in [-0.39, 0.29) is 30.7 Å². The molecule has 28 heavy (non-hydrogen) atoms. The first-order chi connectivity index (χ1) is 13.4. The summed E-state index contributed by atoms with van der Waals surface area (Å²) in [5.41, 5.74) is 0.0589. The van der Waals surface area contributed by atoms with Gasteiger partial charge in [0, 0.05) is 6.07 Å². The van der Waals surface area contributed by atoms with Gasteiger partial charge in [-0.05, 0) is 23.8 Å². The zero-order valence-electron chi connectivity index (χ0n) is 14.6. The number of imide groups is 1. The molecule has 9 nitrogen and oxygen atoms in total. The molecule has 0 aromatic heterocycles. The Bertz CT molecular complexity index is 980. The van der Waals surface area contributed by atoms with E-state index in [1.807, 2.05) is 6.07 Å². The Morgan fingerprint density at radius 2 is 1.89 bits per heavy atom. The predicted octanol–water partition coefficient (Wildman–Crippen LogP) is 1.70. The smallest absolute Gasteiger partial charge is 0.282 e. The lowest BCUT2D eigenvalue weighted by atomic mass is 10.1. The maximum absolute atomic E-state index is 12.5. The molecule has 0 bridgehead atoms. The Balaban J connectivity index is 1.64. The Morgan fingerprint density at radius 3 is 2.54 bits per heavy atom. The molecule has 0 saturated heterocycles. The van der Waals surface area contributed by atoms with Crippen LogP contribution in [-0.2, 0) is 6.42 Å². The van der Waals surface area contributed by atoms with E-state index in [4.69, 9.17) is 10.00 Å². The van der Waals surface area contributed by atoms with Crippen molar-refractivity contribution in [3.8, 4) is 11.8 Å². The van der Waals surface area contributed by atoms with Gasteiger partial charge >= 0.3 is 0 Å². The molecule has 0 spiro atoms. The van der Waals surface area contributed by atoms with Crippen molar-refractivity contribution in [1.29, 1.82) is 5.26 Å². The fourth-order valence-corrected chi connectivity index (χ4v) is 2.88. The second-order valence-electron chi connectivity index (χ2n) is 6.12. The maximum atomic E-state index is 12.5. The second kappa shape index (κ2) is 7.85. The molecule has 9 heteroatoms. The van der Waals surface area contributed by atoms with Gasteiger partial charge in [0.1, 0.15) is 24.0 Å². The van der Waals surface area contributed by atoms with E-state index < -0.39 is 28.5 Å². The van der Waals surface area contributed by atoms with Crippen LogP contribution in [0.25, 0.3) is 0 Å². The molecule has 2 amide bonds. The van der Waals surface area contributed by atoms with Gasteiger partial charge < -0.3 is 9.84 Å². The van der Waals surface area contributed by atoms with Gasteiger partial charge in [0.2, 0.25) is 0 Å². The van der Waals surface area contributed by atoms with Crippen LogP contribution in [0, 0.1) is 21.4 Å². The molecule has 1 heterocycles. The number of β-amino-alcohol motifs (C(OH)–C–C–N with tert-alkyl or cyclic N) is 1. The first-order valence-electron chi connectivity index (χ1n) is 8.32. The third-order valence-electron chi connectivity index (χ3n) is 4.22. The van der Waals surface area contributed by atoms with Gasteiger partial charge in [0.05, 0.1) is 29.5 Å². The van der Waals surface area contributed by atoms with E-state index in [0.717, 1.165) is 16.5 Å². The van der Waals surface area contributed by atoms with Crippen molar-refractivity contribution in [3.05, 3.63) is 69.3 Å². The average Bonchev–Trinajstić information content (AvgIpc) is 2.92. The normalized spacial score (nSPS) is 13.8. The predicted molar refractivity (Wildman–Crippen MR) is 95.7 cm³/mol. The number of nitriles is 1. The molecule has 142 valence electrons. The lowest BCUT2D eigenvalue weighted by molar-refractivity contribution is -0.385. The highest BCUT2D eigenvalue weighted by Crippen LogP contribution is 2.30. The SMILES string of the molecule is N#CCc1ccc(OC[C@H](O)CN2C(=O)c3cccc([N+](=O)[O-])c3C2=O)cc1. The summed E-state index contributed by atoms with van der Waals surface area (Å²) < 4.78 is 5.43. The fourth-order valence-electron chi connectivity index (χ4n) is 2.88. The van der Waals surface area contributed by atoms with Gasteiger partial charge in [-0.3, -0.25) is 24.6 Å². The summed E-state index contributed by atoms with van der Waals surface area (Å²) in [5.74, 6) is -1.05. The first-order valence-corrected chi connectivity index (χ1v) is 8.32. The number of hydrogen-bond donors (Lipinski definition) is 1. The van der Waals surface area contributed by atoms with Gasteiger partial charge in [0.15, 0.2) is 0 Å². The molecule has 1 atom stereocenters. The van der Waals surface area contributed by atoms with Crippen LogP contribution in [0.5, 0.6) is 5.75 Å². The molecule has 1 aliphatic heterocycles. The minimum Gasteiger partial charge on any atom is -0.491 e. The average molecular weight is 381 g/mol. The molecule has 0 radical (unpaired) electrons. The molecular weight excluding hydrogens is 366 g/mol. The van der Waals surface area contributed by atoms with Gasteiger partial charge in [-0.1, -0.05) is 18.2 Å². The number of carbonyl (C=O) groups excluding carboxylic acids is 2. The Morgan fingerprint density at radius 1 is 1.18 bits per heavy atom. The summed E-state index contributed by atoms with van der Waals surface area (Å²) in [6.45, 7) is -0.539. The molecular formula is C19H15N3O6. The number of nitro benzene ring substituents is 1. The number of hydrogen-bond acceptors (Lipinski definition) is 7. The van der Waals surface area contributed by atoms with E-state index in [2.05, 4.69) is 0 Å². The highest BCUT2D eigenvalue weighted by molar-refractivity contribution is 6.23. The van der Waals surface area contributed by atoms with Crippen LogP contribution in [0.2, 0.25) is 0 Å². The second-order valence-corrected chi connectivity index (χ2v) is 6.12. The number of aliphatic hydroxyl groups excluding tert-OH is 1. The fraction of sp³-hybridized carbons (Fsp3) is 0.211. The van der Waals surface area contributed by atoms with Crippen LogP contribution in [0.4, 0.5) is 5.69 Å². The number of nitro groups is 1. The van der Waals surface area contributed by atoms with E-state index in [1.54, 1.807) is 24.3 Å². The van der Waals surface area contributed by atoms with Crippen LogP contribution in [0.3, 0.4) is 0 Å². The van der Waals surface area contributed by atoms with Gasteiger partial charge in [-0.2, -0.15) is 5.26 Å². The number of ether oxygens (including phenoxy) is 1. The van der Waals surface area contributed by atoms with Gasteiger partial charge in [-0.15, -0.1) is 0 Å². The molecule has 0 saturated carbocycles. The number of rotatable bonds is 7. The van der Waals surface area contributed by atoms with Crippen LogP contribution < -0.4 is 4.74 Å². The quantitative estimate of drug-likeness (QED) is 0.438. The van der Waals surface area contributed by atoms with Crippen LogP contribution in [0.15, 0.2) is 42.5 Å². The number of carbonyl (C=O) groups is 2. The molecule has 3 rings (SSSR count). The molecule has 2 aromatic rings. The lowest BCUT2D eigenvalue weighted by Gasteiger charge is -2.18. The summed E-state index contributed by atoms with van der Waals surface area (Å²) in [5, 5.41) is 29.9. The number of fused-ring (bicyclic) bond motifs is 1. The zero-order valence-corrected chi connectivity index (χ0v) is 14.6. The van der Waals surface area contributed by atoms with Gasteiger partial charge in [-0.25, -0.2) is 0 Å². The summed E-state index contributed by atoms with van der Waals surface area (Å²) >= 11 is 0. The molecule has 1 N–H and O–H groups in total. The number of aliphatic hydroxyl groups is 1. The van der Waals surface area contributed by atoms with Crippen molar-refractivity contribution in [2.45, 2.75) is 12.5 Å². The summed E-state index contributed by atoms with van der Waals surface area (Å²) in [7, 11) is 0. The first kappa shape index (κ1) is 19.0. The van der Waals surface area contributed by atoms with Crippen molar-refractivity contribution in [2.75, 3.05) is 13.2 Å². The number of nitrogens with zero attached hydrogens (tertiary/aromatic N) is 3. The number of amides is 2. The summed E-state index contributed by atoms with van der Waals surface area (Å²) in [6, 6.07) is 12.6. The zero-order chi connectivity index (χ0) is 20.3. The Labute approximate surface area is 159 Å². The van der Waals surface area contributed by atoms with Crippen molar-refractivity contribution >= 4 is 17.5 Å². The van der Waals surface area contributed by atoms with E-state index in [1.165, 1.54) is 12.1 Å². The van der Waals surface area contributed by atoms with Crippen molar-refractivity contribution in [3.63, 3.8) is 0 Å². The minimum atomic E-state index is -1.18. The Hall–Kier alpha value is -3.77. The molecule has 2 aromatic carbocycles. The van der Waals surface area contributed by atoms with E-state index in [0.29, 0.717) is 5.75 Å². The summed E-state index contributed by atoms with van der Waals surface area (Å²) in [4.78, 5) is 36.0. The van der Waals surface area contributed by atoms with E-state index in [9.17, 15) is 24.8 Å². The standard InChI is InChI=1S/C19H15N3O6/c20-9-8-12-4-6-14(7-5-12)28-11-13(23)10-21-18(24)15-2-1-3-16(22(26)27)17(15)19(21)25/h1-7,13,23H,8,10-11H2/t13-/m1/s1. The van der Waals surface area contributed by atoms with Crippen LogP contribution >= 0.6 is 0 Å². The van der Waals surface area contributed by atoms with Crippen LogP contribution in [0.1, 0.15) is 26.3 Å². The van der Waals surface area contributed by atoms with Crippen molar-refractivity contribution in [2.24, 2.45) is 0 Å². The molecule has 1 aliphatic rings. The molecule has 0 unspecified atom stereocenters. The molecule has 0 aliphatic carbocycles. The highest BCUT2D eigenvalue weighted by atomic mass is 16.6. The molecule has 0 fully saturated rings. The lowest BCUT2D eigenvalue weighted by Crippen LogP contribution is -2.39. The monoisotopic (exact) mass is 381 g/mol. The minimum absolute atomic E-state index is 0.0552. The Kier molecular flexibility index (Phi) is 5.33. The van der Waals surface area contributed by atoms with Crippen molar-refractivity contribution in [1.82, 2.24) is 4.90 Å². The third-order valence-corrected chi connectivity index (χ3v) is 4.22. The summed E-state index contributed by atoms with van der Waals surface area (Å²) in [6.07, 6.45) is -0.908. The topological polar surface area (TPSA) is 134 Å². The van der Waals surface area contributed by atoms with E-state index >= 15 is 0 Å². The maximum Gasteiger partial charge on any atom is 0.282 e. The largest absolute Gasteiger partial charge is 0.491 e. The highest BCUT2D eigenvalue weighted by Gasteiger charge is 2.41. The van der Waals surface area contributed by atoms with Gasteiger partial charge in [0.25, 0.3) is 17.5 Å². The van der Waals surface area contributed by atoms with Crippen molar-refractivity contribution < 1.29 is 24.4 Å². The third kappa shape index (κ3) is 3.67.